The van der Waals surface area contributed by atoms with E-state index in [1.165, 1.54) is 0 Å². The summed E-state index contributed by atoms with van der Waals surface area (Å²) in [5.74, 6) is 0.585. The zero-order valence-corrected chi connectivity index (χ0v) is 13.6. The van der Waals surface area contributed by atoms with Crippen molar-refractivity contribution in [2.75, 3.05) is 13.7 Å². The molecule has 3 rings (SSSR count). The van der Waals surface area contributed by atoms with Gasteiger partial charge in [0.05, 0.1) is 24.5 Å². The van der Waals surface area contributed by atoms with Crippen molar-refractivity contribution in [1.29, 1.82) is 0 Å². The third kappa shape index (κ3) is 3.82. The van der Waals surface area contributed by atoms with Crippen molar-refractivity contribution in [3.8, 4) is 12.8 Å². The molecule has 1 aliphatic heterocycles. The number of nitrogens with zero attached hydrogens (tertiary/aromatic N) is 3. The first-order chi connectivity index (χ1) is 11.6. The Labute approximate surface area is 141 Å². The van der Waals surface area contributed by atoms with E-state index >= 15 is 0 Å². The molecule has 8 heteroatoms. The monoisotopic (exact) mass is 333 g/mol. The number of hydrogen-bond donors (Lipinski definition) is 4. The Kier molecular flexibility index (Phi) is 7.17. The van der Waals surface area contributed by atoms with E-state index in [2.05, 4.69) is 34.7 Å². The molecule has 24 heavy (non-hydrogen) atoms. The van der Waals surface area contributed by atoms with E-state index in [9.17, 15) is 9.90 Å². The molecule has 2 heterocycles. The lowest BCUT2D eigenvalue weighted by atomic mass is 10.0. The molecular weight excluding hydrogens is 310 g/mol. The van der Waals surface area contributed by atoms with E-state index < -0.39 is 0 Å². The molecule has 0 bridgehead atoms. The van der Waals surface area contributed by atoms with Gasteiger partial charge < -0.3 is 20.5 Å². The lowest BCUT2D eigenvalue weighted by Gasteiger charge is -2.17. The van der Waals surface area contributed by atoms with E-state index in [4.69, 9.17) is 10.8 Å². The highest BCUT2D eigenvalue weighted by atomic mass is 16.3. The maximum atomic E-state index is 11.6. The fourth-order valence-electron chi connectivity index (χ4n) is 2.88. The van der Waals surface area contributed by atoms with Crippen molar-refractivity contribution in [1.82, 2.24) is 14.9 Å². The van der Waals surface area contributed by atoms with Crippen LogP contribution in [0.1, 0.15) is 24.6 Å². The summed E-state index contributed by atoms with van der Waals surface area (Å²) in [6, 6.07) is 0.0492. The third-order valence-electron chi connectivity index (χ3n) is 3.96. The van der Waals surface area contributed by atoms with Crippen LogP contribution >= 0.6 is 0 Å². The van der Waals surface area contributed by atoms with Crippen LogP contribution in [0.5, 0.6) is 0 Å². The van der Waals surface area contributed by atoms with Crippen LogP contribution in [-0.4, -0.2) is 45.3 Å². The maximum absolute atomic E-state index is 11.6. The highest BCUT2D eigenvalue weighted by Crippen LogP contribution is 2.41. The summed E-state index contributed by atoms with van der Waals surface area (Å²) < 4.78 is 1.90. The number of aliphatic hydroxyl groups is 2. The van der Waals surface area contributed by atoms with Gasteiger partial charge in [-0.05, 0) is 18.4 Å². The van der Waals surface area contributed by atoms with Crippen LogP contribution < -0.4 is 11.1 Å². The molecule has 8 nitrogen and oxygen atoms in total. The molecule has 0 radical (unpaired) electrons. The highest BCUT2D eigenvalue weighted by molar-refractivity contribution is 5.99. The lowest BCUT2D eigenvalue weighted by molar-refractivity contribution is -0.119. The number of aromatic nitrogens is 2. The number of fused-ring (bicyclic) bond motifs is 1. The second-order valence-corrected chi connectivity index (χ2v) is 5.19. The Balaban J connectivity index is 0.000000671. The SMILES string of the molecule is C#C.C=C1[C@H](CO)CC[C@@H]1n1cnc2c1N=C(N)NC(=O)C2.CO. The average Bonchev–Trinajstić information content (AvgIpc) is 3.10. The minimum atomic E-state index is -0.214. The van der Waals surface area contributed by atoms with Gasteiger partial charge in [0.25, 0.3) is 0 Å². The van der Waals surface area contributed by atoms with Gasteiger partial charge in [0.1, 0.15) is 0 Å². The molecule has 0 spiro atoms. The number of nitrogens with one attached hydrogen (secondary N) is 1. The van der Waals surface area contributed by atoms with Crippen LogP contribution in [0, 0.1) is 18.8 Å². The molecular formula is C16H23N5O3. The van der Waals surface area contributed by atoms with Crippen molar-refractivity contribution in [2.45, 2.75) is 25.3 Å². The smallest absolute Gasteiger partial charge is 0.232 e. The molecule has 1 saturated carbocycles. The maximum Gasteiger partial charge on any atom is 0.232 e. The zero-order chi connectivity index (χ0) is 18.3. The minimum absolute atomic E-state index is 0.0492. The van der Waals surface area contributed by atoms with Gasteiger partial charge in [-0.25, -0.2) is 4.98 Å². The van der Waals surface area contributed by atoms with Gasteiger partial charge in [0, 0.05) is 19.6 Å². The van der Waals surface area contributed by atoms with Gasteiger partial charge in [-0.15, -0.1) is 12.8 Å². The lowest BCUT2D eigenvalue weighted by Crippen LogP contribution is -2.36. The fourth-order valence-corrected chi connectivity index (χ4v) is 2.88. The van der Waals surface area contributed by atoms with E-state index in [1.807, 2.05) is 4.57 Å². The first kappa shape index (κ1) is 19.4. The number of aliphatic imine (C=N–C) groups is 1. The molecule has 0 aromatic carbocycles. The van der Waals surface area contributed by atoms with Gasteiger partial charge in [-0.1, -0.05) is 6.58 Å². The molecule has 1 fully saturated rings. The summed E-state index contributed by atoms with van der Waals surface area (Å²) in [5.41, 5.74) is 7.26. The Morgan fingerprint density at radius 3 is 2.71 bits per heavy atom. The predicted octanol–water partition coefficient (Wildman–Crippen LogP) is -0.141. The number of terminal acetylenes is 1. The van der Waals surface area contributed by atoms with Crippen LogP contribution in [0.3, 0.4) is 0 Å². The number of nitrogens with two attached hydrogens (primary N) is 1. The second kappa shape index (κ2) is 8.86. The average molecular weight is 333 g/mol. The van der Waals surface area contributed by atoms with E-state index in [0.717, 1.165) is 25.5 Å². The topological polar surface area (TPSA) is 126 Å². The van der Waals surface area contributed by atoms with Gasteiger partial charge in [-0.2, -0.15) is 4.99 Å². The standard InChI is InChI=1S/C13H17N5O2.C2H2.CH4O/c1-7-8(5-19)2-3-10(7)18-6-15-9-4-11(20)16-13(14)17-12(9)18;2*1-2/h6,8,10,19H,1-5H2,(H3,14,16,17,20);1-2H;2H,1H3/t8-,10-;;/m0../s1. The van der Waals surface area contributed by atoms with E-state index in [1.54, 1.807) is 6.33 Å². The Morgan fingerprint density at radius 2 is 2.12 bits per heavy atom. The normalized spacial score (nSPS) is 22.0. The molecule has 1 aromatic heterocycles. The quantitative estimate of drug-likeness (QED) is 0.443. The van der Waals surface area contributed by atoms with Gasteiger partial charge in [-0.3, -0.25) is 10.1 Å². The molecule has 2 atom stereocenters. The second-order valence-electron chi connectivity index (χ2n) is 5.19. The summed E-state index contributed by atoms with van der Waals surface area (Å²) >= 11 is 0. The van der Waals surface area contributed by atoms with Crippen molar-refractivity contribution < 1.29 is 15.0 Å². The highest BCUT2D eigenvalue weighted by Gasteiger charge is 2.32. The van der Waals surface area contributed by atoms with Crippen LogP contribution in [-0.2, 0) is 11.2 Å². The number of aliphatic hydroxyl groups excluding tert-OH is 2. The summed E-state index contributed by atoms with van der Waals surface area (Å²) in [5, 5.41) is 18.8. The number of hydrogen-bond acceptors (Lipinski definition) is 6. The summed E-state index contributed by atoms with van der Waals surface area (Å²) in [6.07, 6.45) is 11.6. The fraction of sp³-hybridized carbons (Fsp3) is 0.438. The molecule has 0 unspecified atom stereocenters. The third-order valence-corrected chi connectivity index (χ3v) is 3.96. The summed E-state index contributed by atoms with van der Waals surface area (Å²) in [4.78, 5) is 20.1. The molecule has 1 aromatic rings. The molecule has 130 valence electrons. The molecule has 5 N–H and O–H groups in total. The van der Waals surface area contributed by atoms with E-state index in [-0.39, 0.29) is 36.9 Å². The minimum Gasteiger partial charge on any atom is -0.400 e. The number of carbonyl (C=O) groups is 1. The van der Waals surface area contributed by atoms with Crippen LogP contribution in [0.15, 0.2) is 23.5 Å². The predicted molar refractivity (Wildman–Crippen MR) is 91.4 cm³/mol. The number of rotatable bonds is 2. The molecule has 1 amide bonds. The van der Waals surface area contributed by atoms with Crippen molar-refractivity contribution in [2.24, 2.45) is 16.6 Å². The number of imidazole rings is 1. The molecule has 0 saturated heterocycles. The Morgan fingerprint density at radius 1 is 1.46 bits per heavy atom. The van der Waals surface area contributed by atoms with Crippen molar-refractivity contribution in [3.05, 3.63) is 24.2 Å². The van der Waals surface area contributed by atoms with Gasteiger partial charge in [0.15, 0.2) is 5.82 Å². The van der Waals surface area contributed by atoms with Crippen LogP contribution in [0.4, 0.5) is 5.82 Å². The molecule has 1 aliphatic carbocycles. The van der Waals surface area contributed by atoms with Crippen molar-refractivity contribution in [3.63, 3.8) is 0 Å². The van der Waals surface area contributed by atoms with Gasteiger partial charge in [0.2, 0.25) is 11.9 Å². The van der Waals surface area contributed by atoms with Gasteiger partial charge >= 0.3 is 0 Å². The molecule has 2 aliphatic rings. The first-order valence-electron chi connectivity index (χ1n) is 7.37. The summed E-state index contributed by atoms with van der Waals surface area (Å²) in [6.45, 7) is 4.19. The number of guanidine groups is 1. The van der Waals surface area contributed by atoms with Crippen LogP contribution in [0.25, 0.3) is 0 Å². The summed E-state index contributed by atoms with van der Waals surface area (Å²) in [7, 11) is 1.00. The Hall–Kier alpha value is -2.63. The number of carbonyl (C=O) groups excluding carboxylic acids is 1. The largest absolute Gasteiger partial charge is 0.400 e. The van der Waals surface area contributed by atoms with Crippen molar-refractivity contribution >= 4 is 17.7 Å². The van der Waals surface area contributed by atoms with Crippen LogP contribution in [0.2, 0.25) is 0 Å². The zero-order valence-electron chi connectivity index (χ0n) is 13.6. The number of amides is 1. The Bertz CT molecular complexity index is 647. The van der Waals surface area contributed by atoms with E-state index in [0.29, 0.717) is 11.5 Å². The first-order valence-corrected chi connectivity index (χ1v) is 7.37.